The van der Waals surface area contributed by atoms with Crippen molar-refractivity contribution in [2.45, 2.75) is 6.54 Å². The minimum Gasteiger partial charge on any atom is -0.310 e. The van der Waals surface area contributed by atoms with Gasteiger partial charge in [-0.3, -0.25) is 15.1 Å². The van der Waals surface area contributed by atoms with Crippen LogP contribution in [0.3, 0.4) is 0 Å². The highest BCUT2D eigenvalue weighted by atomic mass is 32.1. The lowest BCUT2D eigenvalue weighted by Crippen LogP contribution is -2.27. The predicted octanol–water partition coefficient (Wildman–Crippen LogP) is 0.195. The third kappa shape index (κ3) is 1.67. The molecule has 2 heterocycles. The van der Waals surface area contributed by atoms with E-state index in [0.717, 1.165) is 4.88 Å². The number of amides is 3. The van der Waals surface area contributed by atoms with E-state index in [1.807, 2.05) is 0 Å². The topological polar surface area (TPSA) is 62.3 Å². The van der Waals surface area contributed by atoms with Gasteiger partial charge < -0.3 is 4.90 Å². The molecular weight excluding hydrogens is 190 g/mol. The van der Waals surface area contributed by atoms with Crippen LogP contribution in [0.4, 0.5) is 4.79 Å². The number of imide groups is 1. The highest BCUT2D eigenvalue weighted by Gasteiger charge is 2.26. The molecule has 0 unspecified atom stereocenters. The lowest BCUT2D eigenvalue weighted by molar-refractivity contribution is -0.118. The molecule has 5 nitrogen and oxygen atoms in total. The van der Waals surface area contributed by atoms with E-state index in [1.54, 1.807) is 11.7 Å². The standard InChI is InChI=1S/C7H7N3O2S/c11-6-3-10(7(12)9-6)2-5-1-8-4-13-5/h1,4H,2-3H2,(H,9,11,12). The second-order valence-electron chi connectivity index (χ2n) is 2.68. The van der Waals surface area contributed by atoms with Crippen LogP contribution in [-0.4, -0.2) is 28.4 Å². The van der Waals surface area contributed by atoms with Gasteiger partial charge >= 0.3 is 6.03 Å². The normalized spacial score (nSPS) is 16.5. The Labute approximate surface area is 78.4 Å². The van der Waals surface area contributed by atoms with Crippen molar-refractivity contribution in [3.63, 3.8) is 0 Å². The molecule has 1 aromatic heterocycles. The molecule has 13 heavy (non-hydrogen) atoms. The third-order valence-corrected chi connectivity index (χ3v) is 2.46. The first-order valence-corrected chi connectivity index (χ1v) is 4.60. The number of hydrogen-bond donors (Lipinski definition) is 1. The Bertz CT molecular complexity index is 336. The minimum absolute atomic E-state index is 0.150. The van der Waals surface area contributed by atoms with Crippen LogP contribution in [0, 0.1) is 0 Å². The molecule has 3 amide bonds. The van der Waals surface area contributed by atoms with E-state index in [1.165, 1.54) is 16.2 Å². The van der Waals surface area contributed by atoms with Crippen LogP contribution in [-0.2, 0) is 11.3 Å². The van der Waals surface area contributed by atoms with Gasteiger partial charge in [-0.25, -0.2) is 4.79 Å². The summed E-state index contributed by atoms with van der Waals surface area (Å²) in [5.74, 6) is -0.241. The number of nitrogens with zero attached hydrogens (tertiary/aromatic N) is 2. The van der Waals surface area contributed by atoms with Crippen molar-refractivity contribution in [1.82, 2.24) is 15.2 Å². The third-order valence-electron chi connectivity index (χ3n) is 1.70. The molecule has 1 aliphatic rings. The Kier molecular flexibility index (Phi) is 1.97. The van der Waals surface area contributed by atoms with Crippen molar-refractivity contribution >= 4 is 23.3 Å². The van der Waals surface area contributed by atoms with E-state index in [9.17, 15) is 9.59 Å². The highest BCUT2D eigenvalue weighted by Crippen LogP contribution is 2.11. The maximum Gasteiger partial charge on any atom is 0.324 e. The average Bonchev–Trinajstić information content (AvgIpc) is 2.63. The Morgan fingerprint density at radius 3 is 3.00 bits per heavy atom. The second kappa shape index (κ2) is 3.14. The molecular formula is C7H7N3O2S. The maximum absolute atomic E-state index is 11.1. The van der Waals surface area contributed by atoms with Crippen molar-refractivity contribution in [3.05, 3.63) is 16.6 Å². The van der Waals surface area contributed by atoms with Crippen LogP contribution in [0.15, 0.2) is 11.7 Å². The van der Waals surface area contributed by atoms with Crippen LogP contribution >= 0.6 is 11.3 Å². The van der Waals surface area contributed by atoms with E-state index in [4.69, 9.17) is 0 Å². The van der Waals surface area contributed by atoms with E-state index >= 15 is 0 Å². The van der Waals surface area contributed by atoms with Gasteiger partial charge in [-0.15, -0.1) is 11.3 Å². The van der Waals surface area contributed by atoms with Crippen LogP contribution in [0.25, 0.3) is 0 Å². The molecule has 0 aromatic carbocycles. The molecule has 0 spiro atoms. The fourth-order valence-electron chi connectivity index (χ4n) is 1.12. The molecule has 0 radical (unpaired) electrons. The number of carbonyl (C=O) groups excluding carboxylic acids is 2. The molecule has 0 bridgehead atoms. The summed E-state index contributed by atoms with van der Waals surface area (Å²) < 4.78 is 0. The number of carbonyl (C=O) groups is 2. The number of aromatic nitrogens is 1. The van der Waals surface area contributed by atoms with Gasteiger partial charge in [-0.2, -0.15) is 0 Å². The summed E-state index contributed by atoms with van der Waals surface area (Å²) in [6.07, 6.45) is 1.70. The SMILES string of the molecule is O=C1CN(Cc2cncs2)C(=O)N1. The van der Waals surface area contributed by atoms with Crippen LogP contribution in [0.1, 0.15) is 4.88 Å². The van der Waals surface area contributed by atoms with Crippen molar-refractivity contribution in [2.75, 3.05) is 6.54 Å². The molecule has 1 fully saturated rings. The van der Waals surface area contributed by atoms with Crippen LogP contribution in [0.2, 0.25) is 0 Å². The molecule has 1 aliphatic heterocycles. The number of rotatable bonds is 2. The van der Waals surface area contributed by atoms with Gasteiger partial charge in [0.2, 0.25) is 5.91 Å². The smallest absolute Gasteiger partial charge is 0.310 e. The zero-order chi connectivity index (χ0) is 9.26. The lowest BCUT2D eigenvalue weighted by Gasteiger charge is -2.10. The molecule has 6 heteroatoms. The molecule has 0 saturated carbocycles. The Morgan fingerprint density at radius 2 is 2.46 bits per heavy atom. The van der Waals surface area contributed by atoms with Gasteiger partial charge in [-0.1, -0.05) is 0 Å². The Balaban J connectivity index is 2.03. The summed E-state index contributed by atoms with van der Waals surface area (Å²) in [5.41, 5.74) is 1.70. The number of urea groups is 1. The zero-order valence-corrected chi connectivity index (χ0v) is 7.50. The summed E-state index contributed by atoms with van der Waals surface area (Å²) in [6, 6.07) is -0.321. The monoisotopic (exact) mass is 197 g/mol. The fraction of sp³-hybridized carbons (Fsp3) is 0.286. The molecule has 1 saturated heterocycles. The first kappa shape index (κ1) is 8.18. The summed E-state index contributed by atoms with van der Waals surface area (Å²) in [4.78, 5) is 28.2. The number of hydrogen-bond acceptors (Lipinski definition) is 4. The van der Waals surface area contributed by atoms with Crippen LogP contribution < -0.4 is 5.32 Å². The van der Waals surface area contributed by atoms with E-state index in [-0.39, 0.29) is 18.5 Å². The van der Waals surface area contributed by atoms with Gasteiger partial charge in [0.15, 0.2) is 0 Å². The number of thiazole rings is 1. The van der Waals surface area contributed by atoms with Crippen molar-refractivity contribution < 1.29 is 9.59 Å². The fourth-order valence-corrected chi connectivity index (χ4v) is 1.73. The summed E-state index contributed by atoms with van der Waals surface area (Å²) in [7, 11) is 0. The molecule has 68 valence electrons. The highest BCUT2D eigenvalue weighted by molar-refractivity contribution is 7.09. The zero-order valence-electron chi connectivity index (χ0n) is 6.69. The van der Waals surface area contributed by atoms with Crippen molar-refractivity contribution in [2.24, 2.45) is 0 Å². The summed E-state index contributed by atoms with van der Waals surface area (Å²) >= 11 is 1.47. The first-order valence-electron chi connectivity index (χ1n) is 3.72. The van der Waals surface area contributed by atoms with Gasteiger partial charge in [0.1, 0.15) is 6.54 Å². The summed E-state index contributed by atoms with van der Waals surface area (Å²) in [5, 5.41) is 2.21. The van der Waals surface area contributed by atoms with Crippen LogP contribution in [0.5, 0.6) is 0 Å². The number of nitrogens with one attached hydrogen (secondary N) is 1. The van der Waals surface area contributed by atoms with Gasteiger partial charge in [0.25, 0.3) is 0 Å². The van der Waals surface area contributed by atoms with Gasteiger partial charge in [0, 0.05) is 11.1 Å². The first-order chi connectivity index (χ1) is 6.25. The van der Waals surface area contributed by atoms with Gasteiger partial charge in [-0.05, 0) is 0 Å². The van der Waals surface area contributed by atoms with E-state index < -0.39 is 0 Å². The van der Waals surface area contributed by atoms with E-state index in [2.05, 4.69) is 10.3 Å². The Hall–Kier alpha value is -1.43. The largest absolute Gasteiger partial charge is 0.324 e. The maximum atomic E-state index is 11.1. The predicted molar refractivity (Wildman–Crippen MR) is 46.1 cm³/mol. The molecule has 2 rings (SSSR count). The van der Waals surface area contributed by atoms with Gasteiger partial charge in [0.05, 0.1) is 12.1 Å². The molecule has 1 N–H and O–H groups in total. The molecule has 0 atom stereocenters. The lowest BCUT2D eigenvalue weighted by atomic mass is 10.5. The van der Waals surface area contributed by atoms with Crippen molar-refractivity contribution in [1.29, 1.82) is 0 Å². The van der Waals surface area contributed by atoms with E-state index in [0.29, 0.717) is 6.54 Å². The molecule has 1 aromatic rings. The Morgan fingerprint density at radius 1 is 1.62 bits per heavy atom. The summed E-state index contributed by atoms with van der Waals surface area (Å²) in [6.45, 7) is 0.610. The second-order valence-corrected chi connectivity index (χ2v) is 3.65. The quantitative estimate of drug-likeness (QED) is 0.689. The van der Waals surface area contributed by atoms with Crippen molar-refractivity contribution in [3.8, 4) is 0 Å². The average molecular weight is 197 g/mol. The molecule has 0 aliphatic carbocycles. The minimum atomic E-state index is -0.321.